The highest BCUT2D eigenvalue weighted by molar-refractivity contribution is 5.85. The summed E-state index contributed by atoms with van der Waals surface area (Å²) < 4.78 is 17.5. The molecule has 122 valence electrons. The first-order chi connectivity index (χ1) is 10.4. The van der Waals surface area contributed by atoms with Crippen LogP contribution >= 0.6 is 0 Å². The fourth-order valence-electron chi connectivity index (χ4n) is 4.48. The third kappa shape index (κ3) is 1.86. The lowest BCUT2D eigenvalue weighted by Gasteiger charge is -2.56. The van der Waals surface area contributed by atoms with E-state index in [1.807, 2.05) is 13.8 Å². The average molecular weight is 306 g/mol. The van der Waals surface area contributed by atoms with E-state index in [0.29, 0.717) is 19.8 Å². The maximum Gasteiger partial charge on any atom is 0.320 e. The van der Waals surface area contributed by atoms with E-state index < -0.39 is 11.2 Å². The summed E-state index contributed by atoms with van der Waals surface area (Å²) in [4.78, 5) is 12.7. The van der Waals surface area contributed by atoms with E-state index in [2.05, 4.69) is 19.6 Å². The van der Waals surface area contributed by atoms with Gasteiger partial charge in [-0.1, -0.05) is 25.2 Å². The molecule has 2 aliphatic carbocycles. The highest BCUT2D eigenvalue weighted by Gasteiger charge is 2.63. The molecule has 0 aromatic carbocycles. The summed E-state index contributed by atoms with van der Waals surface area (Å²) in [6.45, 7) is 11.8. The Kier molecular flexibility index (Phi) is 3.73. The molecule has 3 rings (SSSR count). The molecule has 2 atom stereocenters. The average Bonchev–Trinajstić information content (AvgIpc) is 2.96. The summed E-state index contributed by atoms with van der Waals surface area (Å²) in [5.74, 6) is -0.793. The van der Waals surface area contributed by atoms with Crippen LogP contribution in [0.4, 0.5) is 0 Å². The normalized spacial score (nSPS) is 36.9. The van der Waals surface area contributed by atoms with Gasteiger partial charge in [0.15, 0.2) is 5.79 Å². The second kappa shape index (κ2) is 5.20. The largest absolute Gasteiger partial charge is 0.465 e. The topological polar surface area (TPSA) is 44.8 Å². The van der Waals surface area contributed by atoms with Crippen molar-refractivity contribution in [2.45, 2.75) is 52.2 Å². The maximum atomic E-state index is 12.7. The number of allylic oxidation sites excluding steroid dienone is 1. The summed E-state index contributed by atoms with van der Waals surface area (Å²) in [6.07, 6.45) is 5.58. The van der Waals surface area contributed by atoms with Gasteiger partial charge in [-0.2, -0.15) is 0 Å². The van der Waals surface area contributed by atoms with Gasteiger partial charge in [-0.15, -0.1) is 0 Å². The van der Waals surface area contributed by atoms with Crippen LogP contribution in [0.3, 0.4) is 0 Å². The lowest BCUT2D eigenvalue weighted by Crippen LogP contribution is -2.57. The highest BCUT2D eigenvalue weighted by atomic mass is 16.7. The Balaban J connectivity index is 2.08. The van der Waals surface area contributed by atoms with Crippen molar-refractivity contribution in [2.75, 3.05) is 19.8 Å². The minimum absolute atomic E-state index is 0.202. The fourth-order valence-corrected chi connectivity index (χ4v) is 4.48. The summed E-state index contributed by atoms with van der Waals surface area (Å²) >= 11 is 0. The van der Waals surface area contributed by atoms with E-state index in [9.17, 15) is 4.79 Å². The fraction of sp³-hybridized carbons (Fsp3) is 0.722. The standard InChI is InChI=1S/C18H26O4/c1-5-20-15(19)17(4)13(2)8-10-16(3)14(17)7-6-9-18(16)21-11-12-22-18/h7H,2,5-6,8-12H2,1,3-4H3/t16-,17-/m0/s1. The minimum Gasteiger partial charge on any atom is -0.465 e. The van der Waals surface area contributed by atoms with E-state index in [0.717, 1.165) is 36.8 Å². The van der Waals surface area contributed by atoms with Gasteiger partial charge in [0.05, 0.1) is 19.8 Å². The van der Waals surface area contributed by atoms with E-state index in [1.165, 1.54) is 0 Å². The maximum absolute atomic E-state index is 12.7. The van der Waals surface area contributed by atoms with Gasteiger partial charge in [0.25, 0.3) is 0 Å². The van der Waals surface area contributed by atoms with E-state index >= 15 is 0 Å². The molecular formula is C18H26O4. The zero-order valence-electron chi connectivity index (χ0n) is 13.9. The second-order valence-corrected chi connectivity index (χ2v) is 6.89. The summed E-state index contributed by atoms with van der Waals surface area (Å²) in [5.41, 5.74) is 0.934. The SMILES string of the molecule is C=C1CC[C@@]2(C)C(=CCCC23OCCO3)[C@@]1(C)C(=O)OCC. The first-order valence-corrected chi connectivity index (χ1v) is 8.25. The van der Waals surface area contributed by atoms with Crippen molar-refractivity contribution < 1.29 is 19.0 Å². The Morgan fingerprint density at radius 2 is 2.00 bits per heavy atom. The Hall–Kier alpha value is -1.13. The molecule has 2 fully saturated rings. The molecule has 3 aliphatic rings. The molecule has 22 heavy (non-hydrogen) atoms. The van der Waals surface area contributed by atoms with E-state index in [4.69, 9.17) is 14.2 Å². The van der Waals surface area contributed by atoms with Gasteiger partial charge < -0.3 is 14.2 Å². The van der Waals surface area contributed by atoms with Gasteiger partial charge in [-0.25, -0.2) is 0 Å². The summed E-state index contributed by atoms with van der Waals surface area (Å²) in [7, 11) is 0. The first-order valence-electron chi connectivity index (χ1n) is 8.25. The molecule has 0 unspecified atom stereocenters. The summed E-state index contributed by atoms with van der Waals surface area (Å²) in [6, 6.07) is 0. The molecule has 4 heteroatoms. The molecule has 1 saturated carbocycles. The number of carbonyl (C=O) groups is 1. The number of hydrogen-bond donors (Lipinski definition) is 0. The van der Waals surface area contributed by atoms with Gasteiger partial charge in [0, 0.05) is 11.8 Å². The number of rotatable bonds is 2. The zero-order valence-corrected chi connectivity index (χ0v) is 13.9. The third-order valence-electron chi connectivity index (χ3n) is 5.87. The molecule has 0 bridgehead atoms. The molecule has 0 amide bonds. The Bertz CT molecular complexity index is 529. The predicted octanol–water partition coefficient (Wildman–Crippen LogP) is 3.38. The van der Waals surface area contributed by atoms with Crippen LogP contribution in [-0.2, 0) is 19.0 Å². The van der Waals surface area contributed by atoms with Crippen molar-refractivity contribution in [3.05, 3.63) is 23.8 Å². The molecule has 1 saturated heterocycles. The van der Waals surface area contributed by atoms with Crippen LogP contribution in [0.15, 0.2) is 23.8 Å². The van der Waals surface area contributed by atoms with E-state index in [-0.39, 0.29) is 11.4 Å². The molecule has 1 aliphatic heterocycles. The molecule has 0 aromatic heterocycles. The van der Waals surface area contributed by atoms with Gasteiger partial charge in [0.2, 0.25) is 0 Å². The Morgan fingerprint density at radius 1 is 1.32 bits per heavy atom. The van der Waals surface area contributed by atoms with Gasteiger partial charge in [-0.05, 0) is 38.7 Å². The quantitative estimate of drug-likeness (QED) is 0.579. The van der Waals surface area contributed by atoms with Crippen LogP contribution in [0.1, 0.15) is 46.5 Å². The van der Waals surface area contributed by atoms with Crippen molar-refractivity contribution in [1.29, 1.82) is 0 Å². The van der Waals surface area contributed by atoms with Crippen molar-refractivity contribution in [1.82, 2.24) is 0 Å². The second-order valence-electron chi connectivity index (χ2n) is 6.89. The molecule has 4 nitrogen and oxygen atoms in total. The number of esters is 1. The van der Waals surface area contributed by atoms with Crippen molar-refractivity contribution >= 4 is 5.97 Å². The summed E-state index contributed by atoms with van der Waals surface area (Å²) in [5, 5.41) is 0. The first kappa shape index (κ1) is 15.8. The monoisotopic (exact) mass is 306 g/mol. The van der Waals surface area contributed by atoms with Crippen molar-refractivity contribution in [3.8, 4) is 0 Å². The van der Waals surface area contributed by atoms with Crippen LogP contribution in [0.2, 0.25) is 0 Å². The van der Waals surface area contributed by atoms with Gasteiger partial charge in [-0.3, -0.25) is 4.79 Å². The molecular weight excluding hydrogens is 280 g/mol. The minimum atomic E-state index is -0.772. The number of fused-ring (bicyclic) bond motifs is 2. The van der Waals surface area contributed by atoms with Crippen molar-refractivity contribution in [3.63, 3.8) is 0 Å². The third-order valence-corrected chi connectivity index (χ3v) is 5.87. The Labute approximate surface area is 132 Å². The molecule has 0 N–H and O–H groups in total. The zero-order chi connectivity index (χ0) is 16.0. The highest BCUT2D eigenvalue weighted by Crippen LogP contribution is 2.62. The smallest absolute Gasteiger partial charge is 0.320 e. The number of hydrogen-bond acceptors (Lipinski definition) is 4. The Morgan fingerprint density at radius 3 is 2.64 bits per heavy atom. The van der Waals surface area contributed by atoms with Crippen molar-refractivity contribution in [2.24, 2.45) is 10.8 Å². The van der Waals surface area contributed by atoms with Crippen LogP contribution in [-0.4, -0.2) is 31.6 Å². The van der Waals surface area contributed by atoms with Gasteiger partial charge >= 0.3 is 5.97 Å². The molecule has 1 spiro atoms. The van der Waals surface area contributed by atoms with Crippen LogP contribution in [0, 0.1) is 10.8 Å². The van der Waals surface area contributed by atoms with Crippen LogP contribution in [0.5, 0.6) is 0 Å². The number of carbonyl (C=O) groups excluding carboxylic acids is 1. The van der Waals surface area contributed by atoms with E-state index in [1.54, 1.807) is 0 Å². The predicted molar refractivity (Wildman–Crippen MR) is 83.2 cm³/mol. The molecule has 0 radical (unpaired) electrons. The molecule has 1 heterocycles. The lowest BCUT2D eigenvalue weighted by molar-refractivity contribution is -0.237. The van der Waals surface area contributed by atoms with Gasteiger partial charge in [0.1, 0.15) is 5.41 Å². The van der Waals surface area contributed by atoms with Crippen LogP contribution < -0.4 is 0 Å². The molecule has 0 aromatic rings. The number of ether oxygens (including phenoxy) is 3. The lowest BCUT2D eigenvalue weighted by atomic mass is 9.52. The van der Waals surface area contributed by atoms with Crippen LogP contribution in [0.25, 0.3) is 0 Å².